The van der Waals surface area contributed by atoms with E-state index < -0.39 is 0 Å². The average molecular weight is 1380 g/mol. The molecule has 7 heterocycles. The fraction of sp³-hybridized carbons (Fsp3) is 0.418. The van der Waals surface area contributed by atoms with Gasteiger partial charge in [0.1, 0.15) is 5.84 Å². The van der Waals surface area contributed by atoms with Crippen LogP contribution in [0, 0.1) is 0 Å². The second-order valence-corrected chi connectivity index (χ2v) is 15.8. The van der Waals surface area contributed by atoms with Gasteiger partial charge in [0.15, 0.2) is 0 Å². The molecule has 7 aliphatic heterocycles. The topological polar surface area (TPSA) is 71.5 Å². The quantitative estimate of drug-likeness (QED) is 0.176. The first-order chi connectivity index (χ1) is 35.9. The minimum absolute atomic E-state index is 0. The Bertz CT molecular complexity index is 2480. The van der Waals surface area contributed by atoms with Crippen molar-refractivity contribution in [2.24, 2.45) is 25.0 Å². The summed E-state index contributed by atoms with van der Waals surface area (Å²) in [4.78, 5) is 26.8. The van der Waals surface area contributed by atoms with Crippen LogP contribution in [0.5, 0.6) is 0 Å². The summed E-state index contributed by atoms with van der Waals surface area (Å²) in [5.41, 5.74) is 14.4. The van der Waals surface area contributed by atoms with Gasteiger partial charge in [-0.15, -0.1) is 0 Å². The molecule has 12 heteroatoms. The van der Waals surface area contributed by atoms with Crippen molar-refractivity contribution in [1.29, 1.82) is 0 Å². The molecule has 0 unspecified atom stereocenters. The van der Waals surface area contributed by atoms with Crippen LogP contribution in [-0.4, -0.2) is 74.9 Å². The fourth-order valence-corrected chi connectivity index (χ4v) is 7.16. The molecular weight excluding hydrogens is 1270 g/mol. The second-order valence-electron chi connectivity index (χ2n) is 15.8. The molecule has 8 nitrogen and oxygen atoms in total. The molecule has 1 saturated heterocycles. The van der Waals surface area contributed by atoms with Crippen LogP contribution in [0.15, 0.2) is 172 Å². The molecule has 4 radical (unpaired) electrons. The van der Waals surface area contributed by atoms with Crippen LogP contribution in [0.25, 0.3) is 22.4 Å². The van der Waals surface area contributed by atoms with E-state index in [1.54, 1.807) is 6.21 Å². The van der Waals surface area contributed by atoms with Gasteiger partial charge in [0.25, 0.3) is 0 Å². The Morgan fingerprint density at radius 1 is 0.570 bits per heavy atom. The molecule has 0 aromatic heterocycles. The zero-order chi connectivity index (χ0) is 56.4. The van der Waals surface area contributed by atoms with Gasteiger partial charge >= 0.3 is 0 Å². The van der Waals surface area contributed by atoms with Crippen molar-refractivity contribution >= 4 is 68.7 Å². The maximum atomic E-state index is 4.51. The molecule has 0 atom stereocenters. The van der Waals surface area contributed by atoms with E-state index in [2.05, 4.69) is 153 Å². The molecule has 0 spiro atoms. The molecule has 0 N–H and O–H groups in total. The third-order valence-corrected chi connectivity index (χ3v) is 10.9. The van der Waals surface area contributed by atoms with Crippen LogP contribution in [0.3, 0.4) is 0 Å². The number of likely N-dealkylation sites (N-methyl/N-ethyl adjacent to an activating group) is 1. The number of benzene rings is 4. The van der Waals surface area contributed by atoms with E-state index in [9.17, 15) is 0 Å². The number of rotatable bonds is 0. The van der Waals surface area contributed by atoms with Crippen molar-refractivity contribution in [2.45, 2.75) is 150 Å². The van der Waals surface area contributed by atoms with Gasteiger partial charge in [0.05, 0.1) is 12.2 Å². The summed E-state index contributed by atoms with van der Waals surface area (Å²) in [7, 11) is 6.17. The number of aliphatic imine (C=N–C) groups is 5. The van der Waals surface area contributed by atoms with E-state index in [-0.39, 0.29) is 138 Å². The van der Waals surface area contributed by atoms with Gasteiger partial charge in [-0.25, -0.2) is 4.99 Å². The van der Waals surface area contributed by atoms with Crippen LogP contribution >= 0.6 is 0 Å². The molecule has 79 heavy (non-hydrogen) atoms. The number of likely N-dealkylation sites (tertiary alicyclic amines) is 1. The van der Waals surface area contributed by atoms with Gasteiger partial charge in [-0.3, -0.25) is 20.0 Å². The summed E-state index contributed by atoms with van der Waals surface area (Å²) in [5, 5.41) is 2.60. The Morgan fingerprint density at radius 3 is 1.56 bits per heavy atom. The first-order valence-corrected chi connectivity index (χ1v) is 27.5. The van der Waals surface area contributed by atoms with Crippen LogP contribution in [0.2, 0.25) is 0 Å². The number of nitrogens with zero attached hydrogens (tertiary/aromatic N) is 8. The van der Waals surface area contributed by atoms with Gasteiger partial charge < -0.3 is 14.7 Å². The van der Waals surface area contributed by atoms with E-state index >= 15 is 0 Å². The van der Waals surface area contributed by atoms with Crippen LogP contribution < -0.4 is 9.80 Å². The number of hydrogen-bond donors (Lipinski definition) is 0. The number of anilines is 2. The molecule has 11 rings (SSSR count). The van der Waals surface area contributed by atoms with Gasteiger partial charge in [-0.1, -0.05) is 189 Å². The molecule has 0 amide bonds. The third kappa shape index (κ3) is 34.8. The number of allylic oxidation sites excluding steroid dienone is 5. The Hall–Kier alpha value is -2.25. The summed E-state index contributed by atoms with van der Waals surface area (Å²) < 4.78 is 0. The Labute approximate surface area is 586 Å². The molecule has 0 saturated carbocycles. The summed E-state index contributed by atoms with van der Waals surface area (Å²) in [6, 6.07) is 29.2. The van der Waals surface area contributed by atoms with Gasteiger partial charge in [-0.05, 0) is 100 Å². The number of fused-ring (bicyclic) bond motifs is 2. The second kappa shape index (κ2) is 57.6. The summed E-state index contributed by atoms with van der Waals surface area (Å²) in [5.74, 6) is 0.898. The van der Waals surface area contributed by atoms with Crippen LogP contribution in [0.1, 0.15) is 167 Å². The van der Waals surface area contributed by atoms with E-state index in [4.69, 9.17) is 0 Å². The third-order valence-electron chi connectivity index (χ3n) is 10.9. The van der Waals surface area contributed by atoms with Crippen molar-refractivity contribution in [3.63, 3.8) is 0 Å². The van der Waals surface area contributed by atoms with E-state index in [1.165, 1.54) is 88.2 Å². The SMILES string of the molecule is C.C=C1C=CN(C)c2ccccc21.C=C1C=Cc2ccccc2N1C.C=C1CCCN1C.CC.CC.CC.CC.CC.CC.CC1=NC=CC1.CC1=NCC=N1.CC1=NCCC1.CC1=Nc2cccc3cccc1c23.[Y].[Y].[Y].[Y]. The van der Waals surface area contributed by atoms with Crippen LogP contribution in [-0.2, 0) is 131 Å². The smallest absolute Gasteiger partial charge is 0.120 e. The number of amidine groups is 1. The van der Waals surface area contributed by atoms with E-state index in [0.29, 0.717) is 0 Å². The first-order valence-electron chi connectivity index (χ1n) is 27.5. The minimum Gasteiger partial charge on any atom is -0.378 e. The standard InChI is InChI=1S/C12H9N.2C11H11N.C6H11N.C5H9N.C5H7N.C4H6N2.6C2H6.CH4.4Y/c1-8-10-6-2-4-9-5-3-7-11(13-8)12(9)10;1-9-7-8-12(2)11-6-4-3-5-10(9)11;1-9-7-8-10-5-3-4-6-11(10)12(9)2;1-6-4-3-5-7(6)2;2*1-5-3-2-4-6-5;1-4-5-2-3-6-4;6*1-2;;;;;/h2-7H,1H3;2*3-8H,1H2,2H3;1,3-5H2,2H3;2-4H2,1H3;2,4H,3H2,1H3;2H,3H2,1H3;6*1-2H3;1H4;;;;. The van der Waals surface area contributed by atoms with Crippen molar-refractivity contribution in [1.82, 2.24) is 4.90 Å². The van der Waals surface area contributed by atoms with Crippen molar-refractivity contribution in [3.05, 3.63) is 163 Å². The summed E-state index contributed by atoms with van der Waals surface area (Å²) in [6.45, 7) is 46.9. The first kappa shape index (κ1) is 90.5. The zero-order valence-corrected chi connectivity index (χ0v) is 63.6. The van der Waals surface area contributed by atoms with E-state index in [1.807, 2.05) is 160 Å². The summed E-state index contributed by atoms with van der Waals surface area (Å²) in [6.07, 6.45) is 20.0. The molecule has 424 valence electrons. The Kier molecular flexibility index (Phi) is 65.9. The van der Waals surface area contributed by atoms with Gasteiger partial charge in [-0.2, -0.15) is 0 Å². The van der Waals surface area contributed by atoms with Gasteiger partial charge in [0, 0.05) is 247 Å². The maximum Gasteiger partial charge on any atom is 0.120 e. The normalized spacial score (nSPS) is 13.5. The number of para-hydroxylation sites is 2. The van der Waals surface area contributed by atoms with Crippen molar-refractivity contribution in [3.8, 4) is 0 Å². The molecule has 0 aliphatic carbocycles. The predicted molar refractivity (Wildman–Crippen MR) is 348 cm³/mol. The van der Waals surface area contributed by atoms with Crippen molar-refractivity contribution in [2.75, 3.05) is 50.6 Å². The Balaban J connectivity index is -0.000000149. The minimum atomic E-state index is 0. The average Bonchev–Trinajstić information content (AvgIpc) is 4.36. The largest absolute Gasteiger partial charge is 0.378 e. The molecule has 4 aromatic rings. The molecule has 7 aliphatic rings. The Morgan fingerprint density at radius 2 is 1.14 bits per heavy atom. The van der Waals surface area contributed by atoms with E-state index in [0.717, 1.165) is 48.0 Å². The summed E-state index contributed by atoms with van der Waals surface area (Å²) >= 11 is 0. The fourth-order valence-electron chi connectivity index (χ4n) is 7.16. The zero-order valence-electron chi connectivity index (χ0n) is 52.3. The maximum absolute atomic E-state index is 4.51. The molecule has 0 bridgehead atoms. The molecular formula is C67H104N8Y4. The van der Waals surface area contributed by atoms with Gasteiger partial charge in [0.2, 0.25) is 0 Å². The number of hydrogen-bond acceptors (Lipinski definition) is 8. The monoisotopic (exact) mass is 1380 g/mol. The predicted octanol–water partition coefficient (Wildman–Crippen LogP) is 19.7. The molecule has 4 aromatic carbocycles. The van der Waals surface area contributed by atoms with Crippen LogP contribution in [0.4, 0.5) is 17.1 Å². The van der Waals surface area contributed by atoms with Crippen molar-refractivity contribution < 1.29 is 131 Å². The molecule has 1 fully saturated rings.